The van der Waals surface area contributed by atoms with Gasteiger partial charge >= 0.3 is 0 Å². The van der Waals surface area contributed by atoms with Crippen molar-refractivity contribution in [1.29, 1.82) is 0 Å². The van der Waals surface area contributed by atoms with E-state index in [1.165, 1.54) is 0 Å². The van der Waals surface area contributed by atoms with Gasteiger partial charge in [0.25, 0.3) is 0 Å². The summed E-state index contributed by atoms with van der Waals surface area (Å²) in [5.74, 6) is -0.0982. The molecule has 1 amide bonds. The van der Waals surface area contributed by atoms with Crippen LogP contribution in [0.25, 0.3) is 0 Å². The Bertz CT molecular complexity index is 291. The smallest absolute Gasteiger partial charge is 0.236 e. The first kappa shape index (κ1) is 15.7. The highest BCUT2D eigenvalue weighted by Gasteiger charge is 2.40. The van der Waals surface area contributed by atoms with Crippen molar-refractivity contribution in [2.24, 2.45) is 16.3 Å². The molecular weight excluding hydrogens is 218 g/mol. The summed E-state index contributed by atoms with van der Waals surface area (Å²) in [5, 5.41) is 11.8. The molecule has 0 aromatic rings. The summed E-state index contributed by atoms with van der Waals surface area (Å²) < 4.78 is 0. The standard InChI is InChI=1S/C12H25N3O2/c1-6-9(4)15(8-3)11(16)12(5,7-2)10(13)14-17/h9,17H,6-8H2,1-5H3,(H2,13,14). The number of carbonyl (C=O) groups excluding carboxylic acids is 1. The molecule has 0 bridgehead atoms. The van der Waals surface area contributed by atoms with Gasteiger partial charge in [-0.05, 0) is 33.6 Å². The topological polar surface area (TPSA) is 78.9 Å². The Kier molecular flexibility index (Phi) is 5.99. The summed E-state index contributed by atoms with van der Waals surface area (Å²) in [5.41, 5.74) is 4.73. The minimum absolute atomic E-state index is 0.0215. The largest absolute Gasteiger partial charge is 0.409 e. The molecule has 0 saturated heterocycles. The van der Waals surface area contributed by atoms with Crippen molar-refractivity contribution in [3.8, 4) is 0 Å². The molecule has 0 aromatic heterocycles. The minimum atomic E-state index is -0.922. The zero-order valence-electron chi connectivity index (χ0n) is 11.5. The molecule has 5 nitrogen and oxygen atoms in total. The van der Waals surface area contributed by atoms with Crippen LogP contribution in [0.15, 0.2) is 5.16 Å². The number of carbonyl (C=O) groups is 1. The molecule has 0 aliphatic heterocycles. The van der Waals surface area contributed by atoms with Gasteiger partial charge in [0, 0.05) is 12.6 Å². The minimum Gasteiger partial charge on any atom is -0.409 e. The van der Waals surface area contributed by atoms with Gasteiger partial charge in [-0.15, -0.1) is 0 Å². The molecule has 0 aliphatic carbocycles. The van der Waals surface area contributed by atoms with Crippen LogP contribution >= 0.6 is 0 Å². The van der Waals surface area contributed by atoms with Crippen LogP contribution < -0.4 is 5.73 Å². The third-order valence-electron chi connectivity index (χ3n) is 3.58. The Morgan fingerprint density at radius 2 is 2.00 bits per heavy atom. The monoisotopic (exact) mass is 243 g/mol. The van der Waals surface area contributed by atoms with Gasteiger partial charge in [-0.2, -0.15) is 0 Å². The van der Waals surface area contributed by atoms with E-state index in [0.717, 1.165) is 6.42 Å². The van der Waals surface area contributed by atoms with Gasteiger partial charge in [-0.1, -0.05) is 19.0 Å². The summed E-state index contributed by atoms with van der Waals surface area (Å²) >= 11 is 0. The molecule has 17 heavy (non-hydrogen) atoms. The van der Waals surface area contributed by atoms with Gasteiger partial charge in [0.15, 0.2) is 5.84 Å². The maximum Gasteiger partial charge on any atom is 0.236 e. The molecule has 0 fully saturated rings. The molecule has 0 rings (SSSR count). The second-order valence-corrected chi connectivity index (χ2v) is 4.52. The van der Waals surface area contributed by atoms with Crippen LogP contribution in [-0.2, 0) is 4.79 Å². The number of hydrogen-bond donors (Lipinski definition) is 2. The Labute approximate surface area is 104 Å². The number of oxime groups is 1. The predicted octanol–water partition coefficient (Wildman–Crippen LogP) is 1.80. The van der Waals surface area contributed by atoms with Crippen LogP contribution in [0.5, 0.6) is 0 Å². The van der Waals surface area contributed by atoms with Crippen LogP contribution in [0.2, 0.25) is 0 Å². The molecule has 5 heteroatoms. The van der Waals surface area contributed by atoms with E-state index in [1.54, 1.807) is 11.8 Å². The SMILES string of the molecule is CCC(C)N(CC)C(=O)C(C)(CC)C(N)=NO. The molecule has 0 spiro atoms. The first-order chi connectivity index (χ1) is 7.88. The van der Waals surface area contributed by atoms with Crippen molar-refractivity contribution in [3.05, 3.63) is 0 Å². The predicted molar refractivity (Wildman–Crippen MR) is 68.9 cm³/mol. The fourth-order valence-electron chi connectivity index (χ4n) is 1.75. The molecule has 100 valence electrons. The number of amidine groups is 1. The zero-order chi connectivity index (χ0) is 13.6. The molecule has 0 radical (unpaired) electrons. The lowest BCUT2D eigenvalue weighted by Gasteiger charge is -2.35. The molecule has 0 saturated carbocycles. The molecule has 0 aliphatic rings. The van der Waals surface area contributed by atoms with Crippen LogP contribution in [0.1, 0.15) is 47.5 Å². The highest BCUT2D eigenvalue weighted by Crippen LogP contribution is 2.26. The molecule has 0 heterocycles. The van der Waals surface area contributed by atoms with Crippen molar-refractivity contribution in [1.82, 2.24) is 4.90 Å². The number of rotatable bonds is 6. The third kappa shape index (κ3) is 3.11. The number of amides is 1. The van der Waals surface area contributed by atoms with Crippen molar-refractivity contribution in [2.45, 2.75) is 53.5 Å². The van der Waals surface area contributed by atoms with Crippen molar-refractivity contribution in [2.75, 3.05) is 6.54 Å². The number of hydrogen-bond acceptors (Lipinski definition) is 3. The van der Waals surface area contributed by atoms with Crippen LogP contribution in [0, 0.1) is 5.41 Å². The third-order valence-corrected chi connectivity index (χ3v) is 3.58. The van der Waals surface area contributed by atoms with E-state index in [-0.39, 0.29) is 17.8 Å². The molecule has 0 aromatic carbocycles. The van der Waals surface area contributed by atoms with Crippen molar-refractivity contribution < 1.29 is 10.0 Å². The Hall–Kier alpha value is -1.26. The Balaban J connectivity index is 5.22. The fraction of sp³-hybridized carbons (Fsp3) is 0.833. The van der Waals surface area contributed by atoms with E-state index in [4.69, 9.17) is 10.9 Å². The van der Waals surface area contributed by atoms with Crippen LogP contribution in [0.4, 0.5) is 0 Å². The normalized spacial score (nSPS) is 17.4. The first-order valence-corrected chi connectivity index (χ1v) is 6.17. The van der Waals surface area contributed by atoms with Crippen LogP contribution in [-0.4, -0.2) is 34.4 Å². The summed E-state index contributed by atoms with van der Waals surface area (Å²) in [6, 6.07) is 0.157. The lowest BCUT2D eigenvalue weighted by molar-refractivity contribution is -0.139. The maximum atomic E-state index is 12.5. The average Bonchev–Trinajstić information content (AvgIpc) is 2.36. The van der Waals surface area contributed by atoms with Crippen molar-refractivity contribution >= 4 is 11.7 Å². The second kappa shape index (κ2) is 6.47. The Morgan fingerprint density at radius 3 is 2.29 bits per heavy atom. The molecule has 2 unspecified atom stereocenters. The quantitative estimate of drug-likeness (QED) is 0.323. The summed E-state index contributed by atoms with van der Waals surface area (Å²) in [4.78, 5) is 14.3. The summed E-state index contributed by atoms with van der Waals surface area (Å²) in [6.07, 6.45) is 1.39. The lowest BCUT2D eigenvalue weighted by Crippen LogP contribution is -2.52. The van der Waals surface area contributed by atoms with Gasteiger partial charge < -0.3 is 15.8 Å². The molecule has 3 N–H and O–H groups in total. The summed E-state index contributed by atoms with van der Waals surface area (Å²) in [7, 11) is 0. The van der Waals surface area contributed by atoms with E-state index >= 15 is 0 Å². The van der Waals surface area contributed by atoms with E-state index in [1.807, 2.05) is 27.7 Å². The molecular formula is C12H25N3O2. The van der Waals surface area contributed by atoms with Gasteiger partial charge in [0.2, 0.25) is 5.91 Å². The highest BCUT2D eigenvalue weighted by atomic mass is 16.4. The zero-order valence-corrected chi connectivity index (χ0v) is 11.5. The van der Waals surface area contributed by atoms with Gasteiger partial charge in [0.1, 0.15) is 5.41 Å². The maximum absolute atomic E-state index is 12.5. The highest BCUT2D eigenvalue weighted by molar-refractivity contribution is 6.06. The van der Waals surface area contributed by atoms with Gasteiger partial charge in [-0.3, -0.25) is 4.79 Å². The van der Waals surface area contributed by atoms with E-state index in [2.05, 4.69) is 5.16 Å². The molecule has 2 atom stereocenters. The summed E-state index contributed by atoms with van der Waals surface area (Å²) in [6.45, 7) is 10.2. The Morgan fingerprint density at radius 1 is 1.47 bits per heavy atom. The van der Waals surface area contributed by atoms with Crippen LogP contribution in [0.3, 0.4) is 0 Å². The van der Waals surface area contributed by atoms with E-state index in [0.29, 0.717) is 13.0 Å². The first-order valence-electron chi connectivity index (χ1n) is 6.17. The number of nitrogens with zero attached hydrogens (tertiary/aromatic N) is 2. The van der Waals surface area contributed by atoms with E-state index in [9.17, 15) is 4.79 Å². The van der Waals surface area contributed by atoms with Gasteiger partial charge in [-0.25, -0.2) is 0 Å². The average molecular weight is 243 g/mol. The number of nitrogens with two attached hydrogens (primary N) is 1. The lowest BCUT2D eigenvalue weighted by atomic mass is 9.84. The fourth-order valence-corrected chi connectivity index (χ4v) is 1.75. The second-order valence-electron chi connectivity index (χ2n) is 4.52. The van der Waals surface area contributed by atoms with E-state index < -0.39 is 5.41 Å². The van der Waals surface area contributed by atoms with Crippen molar-refractivity contribution in [3.63, 3.8) is 0 Å². The van der Waals surface area contributed by atoms with Gasteiger partial charge in [0.05, 0.1) is 0 Å².